The Morgan fingerprint density at radius 3 is 2.62 bits per heavy atom. The summed E-state index contributed by atoms with van der Waals surface area (Å²) < 4.78 is 53.3. The predicted octanol–water partition coefficient (Wildman–Crippen LogP) is 2.42. The number of hydrogen-bond donors (Lipinski definition) is 1. The first-order valence-corrected chi connectivity index (χ1v) is 8.82. The zero-order chi connectivity index (χ0) is 15.6. The van der Waals surface area contributed by atoms with Gasteiger partial charge in [0.1, 0.15) is 5.76 Å². The second-order valence-corrected chi connectivity index (χ2v) is 7.17. The summed E-state index contributed by atoms with van der Waals surface area (Å²) in [4.78, 5) is 0. The maximum atomic E-state index is 12.2. The highest BCUT2D eigenvalue weighted by Crippen LogP contribution is 2.25. The third-order valence-corrected chi connectivity index (χ3v) is 4.59. The molecule has 1 heterocycles. The molecule has 1 aromatic heterocycles. The first-order valence-electron chi connectivity index (χ1n) is 5.71. The van der Waals surface area contributed by atoms with Crippen LogP contribution >= 0.6 is 11.6 Å². The molecule has 0 saturated carbocycles. The van der Waals surface area contributed by atoms with E-state index in [0.29, 0.717) is 11.3 Å². The van der Waals surface area contributed by atoms with Crippen LogP contribution in [-0.4, -0.2) is 17.2 Å². The number of furan rings is 1. The molecule has 0 radical (unpaired) electrons. The fourth-order valence-electron chi connectivity index (χ4n) is 1.65. The van der Waals surface area contributed by atoms with Crippen molar-refractivity contribution in [2.75, 3.05) is 4.72 Å². The maximum Gasteiger partial charge on any atom is 0.295 e. The summed E-state index contributed by atoms with van der Waals surface area (Å²) in [5.41, 5.74) is 0.389. The average molecular weight is 349 g/mol. The summed E-state index contributed by atoms with van der Waals surface area (Å²) in [6.07, 6.45) is 0. The van der Waals surface area contributed by atoms with Gasteiger partial charge >= 0.3 is 0 Å². The molecule has 21 heavy (non-hydrogen) atoms. The molecule has 0 fully saturated rings. The molecule has 0 aliphatic rings. The van der Waals surface area contributed by atoms with Crippen LogP contribution in [0.1, 0.15) is 11.3 Å². The van der Waals surface area contributed by atoms with E-state index in [1.54, 1.807) is 6.92 Å². The van der Waals surface area contributed by atoms with E-state index in [0.717, 1.165) is 0 Å². The number of aryl methyl sites for hydroxylation is 1. The van der Waals surface area contributed by atoms with Gasteiger partial charge in [-0.3, -0.25) is 8.93 Å². The number of nitrogens with one attached hydrogen (secondary N) is 1. The molecule has 0 aliphatic heterocycles. The van der Waals surface area contributed by atoms with E-state index in [9.17, 15) is 17.2 Å². The number of sulfonamides is 1. The summed E-state index contributed by atoms with van der Waals surface area (Å²) in [6, 6.07) is 7.10. The molecule has 0 spiro atoms. The normalized spacial score (nSPS) is 13.1. The second-order valence-electron chi connectivity index (χ2n) is 4.22. The average Bonchev–Trinajstić information content (AvgIpc) is 2.79. The SMILES string of the molecule is Cc1ccc(S(=O)(=O)Nc2cc(Cl)ccc2CS(=O)[O-])o1. The van der Waals surface area contributed by atoms with Crippen molar-refractivity contribution < 1.29 is 21.6 Å². The zero-order valence-corrected chi connectivity index (χ0v) is 13.2. The topological polar surface area (TPSA) is 99.4 Å². The van der Waals surface area contributed by atoms with Crippen LogP contribution in [0.25, 0.3) is 0 Å². The maximum absolute atomic E-state index is 12.2. The van der Waals surface area contributed by atoms with Crippen molar-refractivity contribution in [3.05, 3.63) is 46.7 Å². The first kappa shape index (κ1) is 16.0. The summed E-state index contributed by atoms with van der Waals surface area (Å²) in [7, 11) is -3.94. The van der Waals surface area contributed by atoms with Gasteiger partial charge in [-0.05, 0) is 36.8 Å². The van der Waals surface area contributed by atoms with Crippen LogP contribution in [0.2, 0.25) is 5.02 Å². The molecule has 9 heteroatoms. The number of hydrogen-bond acceptors (Lipinski definition) is 5. The first-order chi connectivity index (χ1) is 9.78. The van der Waals surface area contributed by atoms with E-state index >= 15 is 0 Å². The summed E-state index contributed by atoms with van der Waals surface area (Å²) >= 11 is 3.47. The van der Waals surface area contributed by atoms with Gasteiger partial charge in [-0.25, -0.2) is 0 Å². The fraction of sp³-hybridized carbons (Fsp3) is 0.167. The quantitative estimate of drug-likeness (QED) is 0.836. The fourth-order valence-corrected chi connectivity index (χ4v) is 3.39. The van der Waals surface area contributed by atoms with Gasteiger partial charge in [-0.1, -0.05) is 28.7 Å². The molecule has 1 atom stereocenters. The third kappa shape index (κ3) is 4.07. The van der Waals surface area contributed by atoms with Gasteiger partial charge in [0.05, 0.1) is 5.69 Å². The Kier molecular flexibility index (Phi) is 4.72. The van der Waals surface area contributed by atoms with Gasteiger partial charge in [0, 0.05) is 10.8 Å². The second kappa shape index (κ2) is 6.18. The molecule has 0 bridgehead atoms. The van der Waals surface area contributed by atoms with Crippen LogP contribution in [0, 0.1) is 6.92 Å². The Morgan fingerprint density at radius 2 is 2.05 bits per heavy atom. The molecule has 114 valence electrons. The van der Waals surface area contributed by atoms with Gasteiger partial charge in [-0.15, -0.1) is 0 Å². The number of benzene rings is 1. The molecule has 0 amide bonds. The van der Waals surface area contributed by atoms with Crippen molar-refractivity contribution in [3.8, 4) is 0 Å². The van der Waals surface area contributed by atoms with E-state index < -0.39 is 21.1 Å². The smallest absolute Gasteiger partial charge is 0.295 e. The largest absolute Gasteiger partial charge is 0.772 e. The van der Waals surface area contributed by atoms with Crippen LogP contribution in [0.4, 0.5) is 5.69 Å². The summed E-state index contributed by atoms with van der Waals surface area (Å²) in [6.45, 7) is 1.62. The van der Waals surface area contributed by atoms with Crippen molar-refractivity contribution >= 4 is 38.4 Å². The Hall–Kier alpha value is -1.35. The van der Waals surface area contributed by atoms with E-state index in [4.69, 9.17) is 16.0 Å². The Balaban J connectivity index is 2.38. The lowest BCUT2D eigenvalue weighted by atomic mass is 10.2. The molecule has 2 aromatic rings. The van der Waals surface area contributed by atoms with E-state index in [1.807, 2.05) is 0 Å². The van der Waals surface area contributed by atoms with Gasteiger partial charge in [-0.2, -0.15) is 8.42 Å². The van der Waals surface area contributed by atoms with Crippen molar-refractivity contribution in [2.45, 2.75) is 17.8 Å². The molecular formula is C12H11ClNO5S2-. The minimum absolute atomic E-state index is 0.0979. The molecule has 6 nitrogen and oxygen atoms in total. The minimum atomic E-state index is -3.94. The highest BCUT2D eigenvalue weighted by molar-refractivity contribution is 7.92. The van der Waals surface area contributed by atoms with Crippen LogP contribution in [0.3, 0.4) is 0 Å². The molecule has 1 N–H and O–H groups in total. The Morgan fingerprint density at radius 1 is 1.33 bits per heavy atom. The van der Waals surface area contributed by atoms with E-state index in [2.05, 4.69) is 4.72 Å². The zero-order valence-electron chi connectivity index (χ0n) is 10.8. The minimum Gasteiger partial charge on any atom is -0.772 e. The predicted molar refractivity (Wildman–Crippen MR) is 78.3 cm³/mol. The standard InChI is InChI=1S/C12H12ClNO5S2/c1-8-2-5-12(19-8)21(17,18)14-11-6-10(13)4-3-9(11)7-20(15)16/h2-6,14H,7H2,1H3,(H,15,16)/p-1. The monoisotopic (exact) mass is 348 g/mol. The van der Waals surface area contributed by atoms with Crippen LogP contribution in [0.15, 0.2) is 39.8 Å². The summed E-state index contributed by atoms with van der Waals surface area (Å²) in [5.74, 6) is 0.119. The van der Waals surface area contributed by atoms with Crippen molar-refractivity contribution in [1.29, 1.82) is 0 Å². The molecule has 1 aromatic carbocycles. The highest BCUT2D eigenvalue weighted by atomic mass is 35.5. The molecular weight excluding hydrogens is 338 g/mol. The van der Waals surface area contributed by atoms with Gasteiger partial charge < -0.3 is 8.97 Å². The van der Waals surface area contributed by atoms with Crippen LogP contribution in [0.5, 0.6) is 0 Å². The number of rotatable bonds is 5. The Labute approximate surface area is 129 Å². The molecule has 2 rings (SSSR count). The Bertz CT molecular complexity index is 785. The van der Waals surface area contributed by atoms with Gasteiger partial charge in [0.2, 0.25) is 5.09 Å². The summed E-state index contributed by atoms with van der Waals surface area (Å²) in [5, 5.41) is 0.0259. The van der Waals surface area contributed by atoms with Crippen molar-refractivity contribution in [1.82, 2.24) is 0 Å². The highest BCUT2D eigenvalue weighted by Gasteiger charge is 2.20. The molecule has 1 unspecified atom stereocenters. The van der Waals surface area contributed by atoms with Crippen LogP contribution < -0.4 is 4.72 Å². The lowest BCUT2D eigenvalue weighted by Crippen LogP contribution is -2.14. The third-order valence-electron chi connectivity index (χ3n) is 2.57. The van der Waals surface area contributed by atoms with E-state index in [1.165, 1.54) is 30.3 Å². The lowest BCUT2D eigenvalue weighted by molar-refractivity contribution is 0.430. The molecule has 0 saturated heterocycles. The lowest BCUT2D eigenvalue weighted by Gasteiger charge is -2.13. The number of halogens is 1. The van der Waals surface area contributed by atoms with E-state index in [-0.39, 0.29) is 21.6 Å². The van der Waals surface area contributed by atoms with Crippen LogP contribution in [-0.2, 0) is 26.9 Å². The number of anilines is 1. The van der Waals surface area contributed by atoms with Gasteiger partial charge in [0.15, 0.2) is 0 Å². The van der Waals surface area contributed by atoms with Crippen molar-refractivity contribution in [2.24, 2.45) is 0 Å². The van der Waals surface area contributed by atoms with Crippen molar-refractivity contribution in [3.63, 3.8) is 0 Å². The van der Waals surface area contributed by atoms with Gasteiger partial charge in [0.25, 0.3) is 10.0 Å². The molecule has 0 aliphatic carbocycles.